The first-order chi connectivity index (χ1) is 12.9. The number of aryl methyl sites for hydroxylation is 1. The van der Waals surface area contributed by atoms with Crippen LogP contribution in [0, 0.1) is 0 Å². The average Bonchev–Trinajstić information content (AvgIpc) is 3.09. The van der Waals surface area contributed by atoms with Gasteiger partial charge < -0.3 is 19.9 Å². The Morgan fingerprint density at radius 2 is 1.96 bits per heavy atom. The van der Waals surface area contributed by atoms with Crippen LogP contribution >= 0.6 is 0 Å². The number of aromatic nitrogens is 1. The first-order valence-corrected chi connectivity index (χ1v) is 9.73. The predicted molar refractivity (Wildman–Crippen MR) is 108 cm³/mol. The van der Waals surface area contributed by atoms with E-state index in [4.69, 9.17) is 9.73 Å². The Kier molecular flexibility index (Phi) is 7.34. The zero-order chi connectivity index (χ0) is 18.0. The Morgan fingerprint density at radius 1 is 1.12 bits per heavy atom. The van der Waals surface area contributed by atoms with Gasteiger partial charge in [0.2, 0.25) is 0 Å². The fourth-order valence-electron chi connectivity index (χ4n) is 3.27. The largest absolute Gasteiger partial charge is 0.379 e. The van der Waals surface area contributed by atoms with Crippen molar-refractivity contribution in [3.8, 4) is 0 Å². The van der Waals surface area contributed by atoms with Crippen molar-refractivity contribution in [2.45, 2.75) is 19.9 Å². The van der Waals surface area contributed by atoms with E-state index in [9.17, 15) is 0 Å². The number of guanidine groups is 1. The highest BCUT2D eigenvalue weighted by atomic mass is 16.5. The van der Waals surface area contributed by atoms with E-state index in [2.05, 4.69) is 63.6 Å². The predicted octanol–water partition coefficient (Wildman–Crippen LogP) is 1.92. The molecule has 1 aromatic carbocycles. The van der Waals surface area contributed by atoms with Gasteiger partial charge >= 0.3 is 0 Å². The van der Waals surface area contributed by atoms with Gasteiger partial charge in [0.1, 0.15) is 0 Å². The highest BCUT2D eigenvalue weighted by Gasteiger charge is 2.09. The van der Waals surface area contributed by atoms with Crippen LogP contribution < -0.4 is 10.6 Å². The second kappa shape index (κ2) is 10.2. The molecule has 1 aromatic heterocycles. The summed E-state index contributed by atoms with van der Waals surface area (Å²) in [5.41, 5.74) is 1.30. The van der Waals surface area contributed by atoms with Gasteiger partial charge in [0, 0.05) is 57.5 Å². The monoisotopic (exact) mass is 357 g/mol. The number of hydrogen-bond acceptors (Lipinski definition) is 3. The SMILES string of the molecule is CCNC(=NCCCn1ccc2ccccc21)NCCN1CCOCC1. The number of hydrogen-bond donors (Lipinski definition) is 2. The van der Waals surface area contributed by atoms with Gasteiger partial charge in [-0.15, -0.1) is 0 Å². The first-order valence-electron chi connectivity index (χ1n) is 9.73. The quantitative estimate of drug-likeness (QED) is 0.431. The van der Waals surface area contributed by atoms with Crippen LogP contribution in [-0.2, 0) is 11.3 Å². The van der Waals surface area contributed by atoms with Crippen LogP contribution in [0.1, 0.15) is 13.3 Å². The van der Waals surface area contributed by atoms with Crippen LogP contribution in [0.5, 0.6) is 0 Å². The molecule has 1 aliphatic heterocycles. The zero-order valence-electron chi connectivity index (χ0n) is 15.8. The third-order valence-corrected chi connectivity index (χ3v) is 4.68. The molecule has 26 heavy (non-hydrogen) atoms. The number of nitrogens with one attached hydrogen (secondary N) is 2. The third-order valence-electron chi connectivity index (χ3n) is 4.68. The minimum Gasteiger partial charge on any atom is -0.379 e. The van der Waals surface area contributed by atoms with E-state index in [0.717, 1.165) is 71.4 Å². The number of ether oxygens (including phenoxy) is 1. The van der Waals surface area contributed by atoms with E-state index in [1.807, 2.05) is 0 Å². The fraction of sp³-hybridized carbons (Fsp3) is 0.550. The Bertz CT molecular complexity index is 690. The molecule has 2 N–H and O–H groups in total. The second-order valence-electron chi connectivity index (χ2n) is 6.56. The van der Waals surface area contributed by atoms with Crippen molar-refractivity contribution in [2.75, 3.05) is 52.5 Å². The molecule has 1 saturated heterocycles. The highest BCUT2D eigenvalue weighted by Crippen LogP contribution is 2.15. The van der Waals surface area contributed by atoms with Gasteiger partial charge in [0.05, 0.1) is 13.2 Å². The summed E-state index contributed by atoms with van der Waals surface area (Å²) < 4.78 is 7.70. The highest BCUT2D eigenvalue weighted by molar-refractivity contribution is 5.80. The lowest BCUT2D eigenvalue weighted by Crippen LogP contribution is -2.44. The molecular weight excluding hydrogens is 326 g/mol. The molecule has 1 aliphatic rings. The van der Waals surface area contributed by atoms with Crippen LogP contribution in [0.4, 0.5) is 0 Å². The third kappa shape index (κ3) is 5.47. The van der Waals surface area contributed by atoms with E-state index < -0.39 is 0 Å². The Balaban J connectivity index is 1.41. The van der Waals surface area contributed by atoms with Crippen molar-refractivity contribution in [1.82, 2.24) is 20.1 Å². The van der Waals surface area contributed by atoms with Gasteiger partial charge in [0.15, 0.2) is 5.96 Å². The number of morpholine rings is 1. The average molecular weight is 358 g/mol. The molecule has 0 unspecified atom stereocenters. The van der Waals surface area contributed by atoms with Gasteiger partial charge in [-0.25, -0.2) is 0 Å². The van der Waals surface area contributed by atoms with E-state index in [1.165, 1.54) is 10.9 Å². The summed E-state index contributed by atoms with van der Waals surface area (Å²) in [7, 11) is 0. The first kappa shape index (κ1) is 18.7. The Morgan fingerprint density at radius 3 is 2.81 bits per heavy atom. The van der Waals surface area contributed by atoms with Gasteiger partial charge in [-0.2, -0.15) is 0 Å². The summed E-state index contributed by atoms with van der Waals surface area (Å²) in [6.07, 6.45) is 3.19. The number of benzene rings is 1. The number of aliphatic imine (C=N–C) groups is 1. The van der Waals surface area contributed by atoms with E-state index in [0.29, 0.717) is 0 Å². The van der Waals surface area contributed by atoms with Crippen molar-refractivity contribution in [3.63, 3.8) is 0 Å². The Labute approximate surface area is 156 Å². The fourth-order valence-corrected chi connectivity index (χ4v) is 3.27. The lowest BCUT2D eigenvalue weighted by Gasteiger charge is -2.26. The summed E-state index contributed by atoms with van der Waals surface area (Å²) in [6, 6.07) is 10.7. The van der Waals surface area contributed by atoms with Gasteiger partial charge in [-0.05, 0) is 30.9 Å². The molecule has 6 heteroatoms. The van der Waals surface area contributed by atoms with Crippen LogP contribution in [0.3, 0.4) is 0 Å². The smallest absolute Gasteiger partial charge is 0.191 e. The summed E-state index contributed by atoms with van der Waals surface area (Å²) in [5, 5.41) is 8.07. The zero-order valence-corrected chi connectivity index (χ0v) is 15.8. The maximum Gasteiger partial charge on any atom is 0.191 e. The molecule has 0 aliphatic carbocycles. The number of nitrogens with zero attached hydrogens (tertiary/aromatic N) is 3. The summed E-state index contributed by atoms with van der Waals surface area (Å²) >= 11 is 0. The van der Waals surface area contributed by atoms with Crippen molar-refractivity contribution in [1.29, 1.82) is 0 Å². The molecule has 6 nitrogen and oxygen atoms in total. The molecular formula is C20H31N5O. The molecule has 1 fully saturated rings. The van der Waals surface area contributed by atoms with Gasteiger partial charge in [-0.1, -0.05) is 18.2 Å². The molecule has 142 valence electrons. The van der Waals surface area contributed by atoms with Gasteiger partial charge in [-0.3, -0.25) is 9.89 Å². The van der Waals surface area contributed by atoms with E-state index in [-0.39, 0.29) is 0 Å². The number of fused-ring (bicyclic) bond motifs is 1. The maximum atomic E-state index is 5.39. The van der Waals surface area contributed by atoms with Crippen LogP contribution in [0.25, 0.3) is 10.9 Å². The lowest BCUT2D eigenvalue weighted by molar-refractivity contribution is 0.0389. The topological polar surface area (TPSA) is 53.8 Å². The molecule has 3 rings (SSSR count). The molecule has 0 spiro atoms. The summed E-state index contributed by atoms with van der Waals surface area (Å²) in [6.45, 7) is 10.5. The lowest BCUT2D eigenvalue weighted by atomic mass is 10.2. The van der Waals surface area contributed by atoms with Crippen molar-refractivity contribution < 1.29 is 4.74 Å². The van der Waals surface area contributed by atoms with Crippen molar-refractivity contribution in [2.24, 2.45) is 4.99 Å². The van der Waals surface area contributed by atoms with Crippen molar-refractivity contribution >= 4 is 16.9 Å². The molecule has 0 bridgehead atoms. The Hall–Kier alpha value is -2.05. The van der Waals surface area contributed by atoms with Crippen LogP contribution in [0.15, 0.2) is 41.5 Å². The maximum absolute atomic E-state index is 5.39. The van der Waals surface area contributed by atoms with Crippen LogP contribution in [-0.4, -0.2) is 67.9 Å². The molecule has 0 radical (unpaired) electrons. The molecule has 0 atom stereocenters. The number of rotatable bonds is 8. The molecule has 0 saturated carbocycles. The standard InChI is InChI=1S/C20H31N5O/c1-2-21-20(23-10-13-24-14-16-26-17-15-24)22-9-5-11-25-12-8-18-6-3-4-7-19(18)25/h3-4,6-8,12H,2,5,9-11,13-17H2,1H3,(H2,21,22,23). The second-order valence-corrected chi connectivity index (χ2v) is 6.56. The molecule has 0 amide bonds. The number of para-hydroxylation sites is 1. The van der Waals surface area contributed by atoms with Crippen molar-refractivity contribution in [3.05, 3.63) is 36.5 Å². The summed E-state index contributed by atoms with van der Waals surface area (Å²) in [4.78, 5) is 7.14. The summed E-state index contributed by atoms with van der Waals surface area (Å²) in [5.74, 6) is 0.915. The minimum atomic E-state index is 0.819. The normalized spacial score (nSPS) is 16.1. The van der Waals surface area contributed by atoms with Gasteiger partial charge in [0.25, 0.3) is 0 Å². The van der Waals surface area contributed by atoms with E-state index in [1.54, 1.807) is 0 Å². The minimum absolute atomic E-state index is 0.819. The van der Waals surface area contributed by atoms with Crippen LogP contribution in [0.2, 0.25) is 0 Å². The van der Waals surface area contributed by atoms with E-state index >= 15 is 0 Å². The molecule has 2 heterocycles. The molecule has 2 aromatic rings.